The molecule has 0 radical (unpaired) electrons. The van der Waals surface area contributed by atoms with Gasteiger partial charge in [0.15, 0.2) is 0 Å². The fourth-order valence-corrected chi connectivity index (χ4v) is 2.55. The Kier molecular flexibility index (Phi) is 4.42. The molecular weight excluding hydrogens is 188 g/mol. The van der Waals surface area contributed by atoms with E-state index < -0.39 is 0 Å². The molecule has 2 rings (SSSR count). The van der Waals surface area contributed by atoms with Gasteiger partial charge in [0.25, 0.3) is 0 Å². The predicted molar refractivity (Wildman–Crippen MR) is 62.1 cm³/mol. The van der Waals surface area contributed by atoms with Crippen LogP contribution in [0.2, 0.25) is 0 Å². The van der Waals surface area contributed by atoms with E-state index in [1.165, 1.54) is 51.9 Å². The van der Waals surface area contributed by atoms with Crippen molar-refractivity contribution in [1.29, 1.82) is 0 Å². The highest BCUT2D eigenvalue weighted by Crippen LogP contribution is 2.35. The lowest BCUT2D eigenvalue weighted by atomic mass is 10.1. The molecule has 1 saturated heterocycles. The van der Waals surface area contributed by atoms with Crippen LogP contribution in [0.3, 0.4) is 0 Å². The first-order chi connectivity index (χ1) is 7.42. The van der Waals surface area contributed by atoms with Gasteiger partial charge in [-0.3, -0.25) is 4.90 Å². The molecule has 0 aromatic carbocycles. The molecule has 3 heteroatoms. The number of hydrogen-bond acceptors (Lipinski definition) is 3. The van der Waals surface area contributed by atoms with E-state index in [1.54, 1.807) is 7.11 Å². The zero-order valence-electron chi connectivity index (χ0n) is 9.87. The summed E-state index contributed by atoms with van der Waals surface area (Å²) in [6, 6.07) is 0.835. The molecule has 1 atom stereocenters. The molecule has 1 aliphatic heterocycles. The standard InChI is InChI=1S/C12H24N2O/c1-15-9-3-2-7-14-8-6-13-10-12(14)11-4-5-11/h11-13H,2-10H2,1H3. The van der Waals surface area contributed by atoms with Crippen LogP contribution in [0.15, 0.2) is 0 Å². The first-order valence-electron chi connectivity index (χ1n) is 6.35. The molecule has 1 unspecified atom stereocenters. The smallest absolute Gasteiger partial charge is 0.0462 e. The van der Waals surface area contributed by atoms with Crippen molar-refractivity contribution in [2.45, 2.75) is 31.7 Å². The maximum absolute atomic E-state index is 5.09. The van der Waals surface area contributed by atoms with Crippen molar-refractivity contribution in [2.75, 3.05) is 39.9 Å². The second-order valence-corrected chi connectivity index (χ2v) is 4.84. The summed E-state index contributed by atoms with van der Waals surface area (Å²) < 4.78 is 5.09. The Labute approximate surface area is 93.2 Å². The normalized spacial score (nSPS) is 28.2. The number of nitrogens with zero attached hydrogens (tertiary/aromatic N) is 1. The van der Waals surface area contributed by atoms with E-state index in [1.807, 2.05) is 0 Å². The highest BCUT2D eigenvalue weighted by molar-refractivity contribution is 4.92. The van der Waals surface area contributed by atoms with Gasteiger partial charge in [0, 0.05) is 39.4 Å². The van der Waals surface area contributed by atoms with Crippen molar-refractivity contribution in [3.63, 3.8) is 0 Å². The lowest BCUT2D eigenvalue weighted by Gasteiger charge is -2.36. The van der Waals surface area contributed by atoms with Gasteiger partial charge < -0.3 is 10.1 Å². The zero-order valence-corrected chi connectivity index (χ0v) is 9.87. The molecule has 3 nitrogen and oxygen atoms in total. The minimum Gasteiger partial charge on any atom is -0.385 e. The van der Waals surface area contributed by atoms with Crippen LogP contribution in [-0.2, 0) is 4.74 Å². The summed E-state index contributed by atoms with van der Waals surface area (Å²) in [6.07, 6.45) is 5.41. The molecule has 15 heavy (non-hydrogen) atoms. The molecule has 1 aliphatic carbocycles. The van der Waals surface area contributed by atoms with Crippen LogP contribution in [0.25, 0.3) is 0 Å². The van der Waals surface area contributed by atoms with Gasteiger partial charge in [-0.15, -0.1) is 0 Å². The lowest BCUT2D eigenvalue weighted by molar-refractivity contribution is 0.132. The Morgan fingerprint density at radius 3 is 2.93 bits per heavy atom. The van der Waals surface area contributed by atoms with Gasteiger partial charge in [-0.2, -0.15) is 0 Å². The number of hydrogen-bond donors (Lipinski definition) is 1. The average Bonchev–Trinajstić information content (AvgIpc) is 3.09. The second-order valence-electron chi connectivity index (χ2n) is 4.84. The average molecular weight is 212 g/mol. The molecule has 0 bridgehead atoms. The van der Waals surface area contributed by atoms with Crippen molar-refractivity contribution < 1.29 is 4.74 Å². The second kappa shape index (κ2) is 5.83. The Bertz CT molecular complexity index is 182. The zero-order chi connectivity index (χ0) is 10.5. The first kappa shape index (κ1) is 11.4. The molecule has 1 saturated carbocycles. The van der Waals surface area contributed by atoms with E-state index >= 15 is 0 Å². The number of piperazine rings is 1. The Balaban J connectivity index is 1.68. The first-order valence-corrected chi connectivity index (χ1v) is 6.35. The summed E-state index contributed by atoms with van der Waals surface area (Å²) in [4.78, 5) is 2.70. The molecular formula is C12H24N2O. The van der Waals surface area contributed by atoms with Gasteiger partial charge in [-0.25, -0.2) is 0 Å². The molecule has 0 amide bonds. The lowest BCUT2D eigenvalue weighted by Crippen LogP contribution is -2.52. The van der Waals surface area contributed by atoms with Crippen molar-refractivity contribution in [1.82, 2.24) is 10.2 Å². The van der Waals surface area contributed by atoms with Crippen LogP contribution >= 0.6 is 0 Å². The van der Waals surface area contributed by atoms with Crippen molar-refractivity contribution in [3.05, 3.63) is 0 Å². The monoisotopic (exact) mass is 212 g/mol. The summed E-state index contributed by atoms with van der Waals surface area (Å²) >= 11 is 0. The van der Waals surface area contributed by atoms with E-state index in [0.717, 1.165) is 18.6 Å². The van der Waals surface area contributed by atoms with E-state index in [9.17, 15) is 0 Å². The van der Waals surface area contributed by atoms with Gasteiger partial charge in [0.05, 0.1) is 0 Å². The summed E-state index contributed by atoms with van der Waals surface area (Å²) in [6.45, 7) is 5.82. The SMILES string of the molecule is COCCCCN1CCNCC1C1CC1. The van der Waals surface area contributed by atoms with Crippen molar-refractivity contribution in [2.24, 2.45) is 5.92 Å². The number of nitrogens with one attached hydrogen (secondary N) is 1. The Morgan fingerprint density at radius 2 is 2.20 bits per heavy atom. The fourth-order valence-electron chi connectivity index (χ4n) is 2.55. The van der Waals surface area contributed by atoms with Crippen LogP contribution in [0.5, 0.6) is 0 Å². The van der Waals surface area contributed by atoms with Gasteiger partial charge in [-0.1, -0.05) is 0 Å². The molecule has 88 valence electrons. The quantitative estimate of drug-likeness (QED) is 0.667. The number of unbranched alkanes of at least 4 members (excludes halogenated alkanes) is 1. The summed E-state index contributed by atoms with van der Waals surface area (Å²) in [5, 5.41) is 3.52. The number of rotatable bonds is 6. The van der Waals surface area contributed by atoms with Crippen LogP contribution in [0, 0.1) is 5.92 Å². The Morgan fingerprint density at radius 1 is 1.33 bits per heavy atom. The van der Waals surface area contributed by atoms with Crippen molar-refractivity contribution in [3.8, 4) is 0 Å². The molecule has 1 N–H and O–H groups in total. The molecule has 2 aliphatic rings. The third-order valence-corrected chi connectivity index (χ3v) is 3.61. The fraction of sp³-hybridized carbons (Fsp3) is 1.00. The van der Waals surface area contributed by atoms with Gasteiger partial charge in [0.2, 0.25) is 0 Å². The van der Waals surface area contributed by atoms with Gasteiger partial charge in [-0.05, 0) is 38.1 Å². The van der Waals surface area contributed by atoms with Gasteiger partial charge >= 0.3 is 0 Å². The van der Waals surface area contributed by atoms with Crippen LogP contribution in [0.1, 0.15) is 25.7 Å². The minimum absolute atomic E-state index is 0.835. The summed E-state index contributed by atoms with van der Waals surface area (Å²) in [5.74, 6) is 1.00. The number of methoxy groups -OCH3 is 1. The van der Waals surface area contributed by atoms with E-state index in [4.69, 9.17) is 4.74 Å². The molecule has 0 aromatic rings. The summed E-state index contributed by atoms with van der Waals surface area (Å²) in [5.41, 5.74) is 0. The maximum Gasteiger partial charge on any atom is 0.0462 e. The third-order valence-electron chi connectivity index (χ3n) is 3.61. The summed E-state index contributed by atoms with van der Waals surface area (Å²) in [7, 11) is 1.79. The third kappa shape index (κ3) is 3.44. The van der Waals surface area contributed by atoms with Crippen LogP contribution in [-0.4, -0.2) is 50.8 Å². The van der Waals surface area contributed by atoms with E-state index in [-0.39, 0.29) is 0 Å². The minimum atomic E-state index is 0.835. The van der Waals surface area contributed by atoms with Gasteiger partial charge in [0.1, 0.15) is 0 Å². The maximum atomic E-state index is 5.09. The van der Waals surface area contributed by atoms with E-state index in [2.05, 4.69) is 10.2 Å². The topological polar surface area (TPSA) is 24.5 Å². The number of ether oxygens (including phenoxy) is 1. The van der Waals surface area contributed by atoms with Crippen LogP contribution < -0.4 is 5.32 Å². The highest BCUT2D eigenvalue weighted by atomic mass is 16.5. The molecule has 0 spiro atoms. The van der Waals surface area contributed by atoms with E-state index in [0.29, 0.717) is 0 Å². The largest absolute Gasteiger partial charge is 0.385 e. The van der Waals surface area contributed by atoms with Crippen LogP contribution in [0.4, 0.5) is 0 Å². The molecule has 2 fully saturated rings. The molecule has 1 heterocycles. The molecule has 0 aromatic heterocycles. The predicted octanol–water partition coefficient (Wildman–Crippen LogP) is 1.10. The highest BCUT2D eigenvalue weighted by Gasteiger charge is 2.35. The van der Waals surface area contributed by atoms with Crippen molar-refractivity contribution >= 4 is 0 Å². The Hall–Kier alpha value is -0.120.